The number of carbonyl (C=O) groups is 2. The molecule has 0 radical (unpaired) electrons. The SMILES string of the molecule is CCC(=O)c1cccc2c1C[C@@H]1CC(=O)N[C@H]21. The predicted molar refractivity (Wildman–Crippen MR) is 63.8 cm³/mol. The number of carbonyl (C=O) groups excluding carboxylic acids is 2. The Morgan fingerprint density at radius 2 is 2.24 bits per heavy atom. The molecular weight excluding hydrogens is 214 g/mol. The van der Waals surface area contributed by atoms with Crippen molar-refractivity contribution in [3.05, 3.63) is 34.9 Å². The minimum atomic E-state index is 0.137. The normalized spacial score (nSPS) is 25.4. The highest BCUT2D eigenvalue weighted by molar-refractivity contribution is 5.98. The number of hydrogen-bond acceptors (Lipinski definition) is 2. The molecule has 0 unspecified atom stereocenters. The van der Waals surface area contributed by atoms with E-state index >= 15 is 0 Å². The van der Waals surface area contributed by atoms with Crippen LogP contribution in [0.15, 0.2) is 18.2 Å². The molecule has 1 aliphatic heterocycles. The van der Waals surface area contributed by atoms with Crippen molar-refractivity contribution < 1.29 is 9.59 Å². The summed E-state index contributed by atoms with van der Waals surface area (Å²) < 4.78 is 0. The van der Waals surface area contributed by atoms with Gasteiger partial charge in [-0.3, -0.25) is 9.59 Å². The van der Waals surface area contributed by atoms with Crippen molar-refractivity contribution >= 4 is 11.7 Å². The number of benzene rings is 1. The van der Waals surface area contributed by atoms with Gasteiger partial charge in [0.1, 0.15) is 0 Å². The molecule has 17 heavy (non-hydrogen) atoms. The summed E-state index contributed by atoms with van der Waals surface area (Å²) in [4.78, 5) is 23.2. The number of hydrogen-bond donors (Lipinski definition) is 1. The maximum atomic E-state index is 11.9. The van der Waals surface area contributed by atoms with Gasteiger partial charge in [-0.2, -0.15) is 0 Å². The molecule has 88 valence electrons. The largest absolute Gasteiger partial charge is 0.349 e. The molecule has 1 amide bonds. The first kappa shape index (κ1) is 10.5. The number of fused-ring (bicyclic) bond motifs is 3. The molecule has 1 aromatic rings. The van der Waals surface area contributed by atoms with E-state index in [1.807, 2.05) is 25.1 Å². The van der Waals surface area contributed by atoms with E-state index in [1.165, 1.54) is 0 Å². The Morgan fingerprint density at radius 1 is 1.41 bits per heavy atom. The monoisotopic (exact) mass is 229 g/mol. The van der Waals surface area contributed by atoms with Crippen molar-refractivity contribution in [2.75, 3.05) is 0 Å². The Hall–Kier alpha value is -1.64. The molecule has 3 heteroatoms. The second kappa shape index (κ2) is 3.69. The van der Waals surface area contributed by atoms with Crippen molar-refractivity contribution in [2.24, 2.45) is 5.92 Å². The van der Waals surface area contributed by atoms with E-state index in [4.69, 9.17) is 0 Å². The van der Waals surface area contributed by atoms with Gasteiger partial charge in [-0.15, -0.1) is 0 Å². The van der Waals surface area contributed by atoms with Gasteiger partial charge in [-0.25, -0.2) is 0 Å². The van der Waals surface area contributed by atoms with Crippen LogP contribution in [0.4, 0.5) is 0 Å². The Balaban J connectivity index is 2.05. The van der Waals surface area contributed by atoms with Gasteiger partial charge in [-0.1, -0.05) is 25.1 Å². The summed E-state index contributed by atoms with van der Waals surface area (Å²) in [5, 5.41) is 3.01. The number of ketones is 1. The molecule has 0 spiro atoms. The maximum absolute atomic E-state index is 11.9. The molecular formula is C14H15NO2. The second-order valence-electron chi connectivity index (χ2n) is 4.86. The average molecular weight is 229 g/mol. The first-order chi connectivity index (χ1) is 8.20. The maximum Gasteiger partial charge on any atom is 0.220 e. The van der Waals surface area contributed by atoms with Gasteiger partial charge in [0.15, 0.2) is 5.78 Å². The van der Waals surface area contributed by atoms with Gasteiger partial charge in [0.25, 0.3) is 0 Å². The molecule has 3 rings (SSSR count). The van der Waals surface area contributed by atoms with Crippen LogP contribution < -0.4 is 5.32 Å². The fourth-order valence-electron chi connectivity index (χ4n) is 3.07. The molecule has 1 aliphatic carbocycles. The first-order valence-electron chi connectivity index (χ1n) is 6.15. The average Bonchev–Trinajstić information content (AvgIpc) is 2.83. The van der Waals surface area contributed by atoms with Crippen LogP contribution in [0.1, 0.15) is 47.3 Å². The molecule has 0 saturated carbocycles. The van der Waals surface area contributed by atoms with Gasteiger partial charge >= 0.3 is 0 Å². The van der Waals surface area contributed by atoms with E-state index in [2.05, 4.69) is 5.32 Å². The van der Waals surface area contributed by atoms with E-state index in [-0.39, 0.29) is 17.7 Å². The number of rotatable bonds is 2. The Kier molecular flexibility index (Phi) is 2.28. The number of amides is 1. The van der Waals surface area contributed by atoms with Crippen molar-refractivity contribution in [3.63, 3.8) is 0 Å². The fraction of sp³-hybridized carbons (Fsp3) is 0.429. The summed E-state index contributed by atoms with van der Waals surface area (Å²) in [5.74, 6) is 0.689. The molecule has 2 atom stereocenters. The highest BCUT2D eigenvalue weighted by atomic mass is 16.2. The van der Waals surface area contributed by atoms with Crippen LogP contribution >= 0.6 is 0 Å². The molecule has 1 heterocycles. The lowest BCUT2D eigenvalue weighted by Gasteiger charge is -2.10. The quantitative estimate of drug-likeness (QED) is 0.788. The van der Waals surface area contributed by atoms with Crippen molar-refractivity contribution in [3.8, 4) is 0 Å². The van der Waals surface area contributed by atoms with E-state index in [1.54, 1.807) is 0 Å². The summed E-state index contributed by atoms with van der Waals surface area (Å²) in [6.45, 7) is 1.89. The van der Waals surface area contributed by atoms with Crippen LogP contribution in [0.2, 0.25) is 0 Å². The van der Waals surface area contributed by atoms with E-state index < -0.39 is 0 Å². The van der Waals surface area contributed by atoms with Crippen molar-refractivity contribution in [1.29, 1.82) is 0 Å². The molecule has 2 aliphatic rings. The van der Waals surface area contributed by atoms with Crippen LogP contribution in [0.5, 0.6) is 0 Å². The molecule has 1 N–H and O–H groups in total. The third-order valence-electron chi connectivity index (χ3n) is 3.87. The van der Waals surface area contributed by atoms with Crippen LogP contribution in [-0.2, 0) is 11.2 Å². The van der Waals surface area contributed by atoms with Gasteiger partial charge < -0.3 is 5.32 Å². The predicted octanol–water partition coefficient (Wildman–Crippen LogP) is 2.01. The molecule has 1 aromatic carbocycles. The zero-order valence-corrected chi connectivity index (χ0v) is 9.82. The summed E-state index contributed by atoms with van der Waals surface area (Å²) in [7, 11) is 0. The molecule has 1 fully saturated rings. The topological polar surface area (TPSA) is 46.2 Å². The van der Waals surface area contributed by atoms with Crippen molar-refractivity contribution in [1.82, 2.24) is 5.32 Å². The zero-order chi connectivity index (χ0) is 12.0. The third kappa shape index (κ3) is 1.49. The van der Waals surface area contributed by atoms with Crippen LogP contribution in [0.3, 0.4) is 0 Å². The summed E-state index contributed by atoms with van der Waals surface area (Å²) >= 11 is 0. The van der Waals surface area contributed by atoms with E-state index in [9.17, 15) is 9.59 Å². The second-order valence-corrected chi connectivity index (χ2v) is 4.86. The smallest absolute Gasteiger partial charge is 0.220 e. The molecule has 3 nitrogen and oxygen atoms in total. The number of nitrogens with one attached hydrogen (secondary N) is 1. The molecule has 0 bridgehead atoms. The van der Waals surface area contributed by atoms with Crippen LogP contribution in [0, 0.1) is 5.92 Å². The Morgan fingerprint density at radius 3 is 3.00 bits per heavy atom. The van der Waals surface area contributed by atoms with Gasteiger partial charge in [-0.05, 0) is 23.5 Å². The minimum absolute atomic E-state index is 0.137. The Labute approximate surface area is 100 Å². The van der Waals surface area contributed by atoms with Crippen molar-refractivity contribution in [2.45, 2.75) is 32.2 Å². The fourth-order valence-corrected chi connectivity index (χ4v) is 3.07. The summed E-state index contributed by atoms with van der Waals surface area (Å²) in [6.07, 6.45) is 2.00. The highest BCUT2D eigenvalue weighted by Gasteiger charge is 2.40. The van der Waals surface area contributed by atoms with E-state index in [0.29, 0.717) is 18.8 Å². The molecule has 0 aromatic heterocycles. The van der Waals surface area contributed by atoms with Gasteiger partial charge in [0.05, 0.1) is 6.04 Å². The number of Topliss-reactive ketones (excluding diaryl/α,β-unsaturated/α-hetero) is 1. The zero-order valence-electron chi connectivity index (χ0n) is 9.82. The lowest BCUT2D eigenvalue weighted by molar-refractivity contribution is -0.119. The minimum Gasteiger partial charge on any atom is -0.349 e. The van der Waals surface area contributed by atoms with E-state index in [0.717, 1.165) is 23.1 Å². The third-order valence-corrected chi connectivity index (χ3v) is 3.87. The highest BCUT2D eigenvalue weighted by Crippen LogP contribution is 2.42. The summed E-state index contributed by atoms with van der Waals surface area (Å²) in [6, 6.07) is 6.02. The van der Waals surface area contributed by atoms with Crippen LogP contribution in [-0.4, -0.2) is 11.7 Å². The van der Waals surface area contributed by atoms with Gasteiger partial charge in [0.2, 0.25) is 5.91 Å². The Bertz CT molecular complexity index is 507. The lowest BCUT2D eigenvalue weighted by atomic mass is 9.98. The molecule has 1 saturated heterocycles. The summed E-state index contributed by atoms with van der Waals surface area (Å²) in [5.41, 5.74) is 3.17. The van der Waals surface area contributed by atoms with Crippen LogP contribution in [0.25, 0.3) is 0 Å². The first-order valence-corrected chi connectivity index (χ1v) is 6.15. The standard InChI is InChI=1S/C14H15NO2/c1-2-12(16)9-4-3-5-10-11(9)6-8-7-13(17)15-14(8)10/h3-5,8,14H,2,6-7H2,1H3,(H,15,17)/t8-,14+/m1/s1. The van der Waals surface area contributed by atoms with Gasteiger partial charge in [0, 0.05) is 18.4 Å². The lowest BCUT2D eigenvalue weighted by Crippen LogP contribution is -2.18.